The second kappa shape index (κ2) is 8.49. The van der Waals surface area contributed by atoms with Gasteiger partial charge in [-0.05, 0) is 40.2 Å². The molecule has 0 radical (unpaired) electrons. The maximum atomic E-state index is 12.0. The van der Waals surface area contributed by atoms with E-state index in [1.165, 1.54) is 4.90 Å². The number of nitrogens with one attached hydrogen (secondary N) is 1. The summed E-state index contributed by atoms with van der Waals surface area (Å²) in [5, 5.41) is 12.4. The van der Waals surface area contributed by atoms with Gasteiger partial charge in [0.25, 0.3) is 0 Å². The van der Waals surface area contributed by atoms with E-state index in [-0.39, 0.29) is 6.42 Å². The first kappa shape index (κ1) is 19.7. The van der Waals surface area contributed by atoms with Crippen LogP contribution in [-0.4, -0.2) is 66.1 Å². The number of carbonyl (C=O) groups is 2. The highest BCUT2D eigenvalue weighted by atomic mass is 16.6. The number of hydrogen-bond donors (Lipinski definition) is 2. The normalized spacial score (nSPS) is 16.8. The Morgan fingerprint density at radius 3 is 2.43 bits per heavy atom. The number of carbonyl (C=O) groups excluding carboxylic acids is 1. The minimum Gasteiger partial charge on any atom is -0.481 e. The zero-order valence-electron chi connectivity index (χ0n) is 14.7. The lowest BCUT2D eigenvalue weighted by atomic mass is 9.86. The molecule has 0 aliphatic carbocycles. The van der Waals surface area contributed by atoms with Crippen molar-refractivity contribution in [2.45, 2.75) is 58.1 Å². The molecule has 1 aliphatic heterocycles. The van der Waals surface area contributed by atoms with Crippen molar-refractivity contribution in [3.63, 3.8) is 0 Å². The quantitative estimate of drug-likeness (QED) is 0.627. The van der Waals surface area contributed by atoms with Crippen molar-refractivity contribution in [3.05, 3.63) is 0 Å². The fourth-order valence-corrected chi connectivity index (χ4v) is 2.49. The van der Waals surface area contributed by atoms with Gasteiger partial charge in [0.15, 0.2) is 0 Å². The van der Waals surface area contributed by atoms with Crippen LogP contribution in [0.15, 0.2) is 0 Å². The third-order valence-corrected chi connectivity index (χ3v) is 3.44. The van der Waals surface area contributed by atoms with Gasteiger partial charge in [-0.1, -0.05) is 6.92 Å². The molecule has 1 fully saturated rings. The maximum Gasteiger partial charge on any atom is 0.410 e. The van der Waals surface area contributed by atoms with Gasteiger partial charge in [0.05, 0.1) is 12.0 Å². The Kier molecular flexibility index (Phi) is 7.28. The molecule has 7 nitrogen and oxygen atoms in total. The number of amides is 1. The number of aliphatic carboxylic acids is 1. The summed E-state index contributed by atoms with van der Waals surface area (Å²) < 4.78 is 10.7. The lowest BCUT2D eigenvalue weighted by Crippen LogP contribution is -2.71. The molecular weight excluding hydrogens is 300 g/mol. The molecule has 0 aromatic carbocycles. The summed E-state index contributed by atoms with van der Waals surface area (Å²) in [6.07, 6.45) is 1.39. The highest BCUT2D eigenvalue weighted by Crippen LogP contribution is 2.26. The lowest BCUT2D eigenvalue weighted by Gasteiger charge is -2.49. The van der Waals surface area contributed by atoms with E-state index in [4.69, 9.17) is 14.6 Å². The minimum atomic E-state index is -0.872. The van der Waals surface area contributed by atoms with E-state index in [0.29, 0.717) is 26.2 Å². The summed E-state index contributed by atoms with van der Waals surface area (Å²) in [7, 11) is 0. The van der Waals surface area contributed by atoms with E-state index < -0.39 is 23.2 Å². The zero-order chi connectivity index (χ0) is 17.5. The van der Waals surface area contributed by atoms with Crippen molar-refractivity contribution < 1.29 is 24.2 Å². The minimum absolute atomic E-state index is 0.0118. The van der Waals surface area contributed by atoms with Crippen LogP contribution in [-0.2, 0) is 14.3 Å². The van der Waals surface area contributed by atoms with E-state index >= 15 is 0 Å². The molecule has 7 heteroatoms. The van der Waals surface area contributed by atoms with Crippen molar-refractivity contribution in [2.75, 3.05) is 32.8 Å². The molecule has 0 spiro atoms. The van der Waals surface area contributed by atoms with Gasteiger partial charge >= 0.3 is 12.1 Å². The molecule has 1 amide bonds. The number of hydrogen-bond acceptors (Lipinski definition) is 5. The van der Waals surface area contributed by atoms with Gasteiger partial charge in [-0.2, -0.15) is 0 Å². The van der Waals surface area contributed by atoms with Crippen LogP contribution in [0.3, 0.4) is 0 Å². The Morgan fingerprint density at radius 2 is 1.91 bits per heavy atom. The molecule has 2 N–H and O–H groups in total. The predicted octanol–water partition coefficient (Wildman–Crippen LogP) is 1.86. The summed E-state index contributed by atoms with van der Waals surface area (Å²) in [6, 6.07) is 0. The summed E-state index contributed by atoms with van der Waals surface area (Å²) in [6.45, 7) is 10.2. The number of likely N-dealkylation sites (tertiary alicyclic amines) is 1. The maximum absolute atomic E-state index is 12.0. The summed E-state index contributed by atoms with van der Waals surface area (Å²) in [5.74, 6) is -0.872. The molecule has 0 bridgehead atoms. The third-order valence-electron chi connectivity index (χ3n) is 3.44. The molecule has 0 atom stereocenters. The Morgan fingerprint density at radius 1 is 1.26 bits per heavy atom. The molecule has 1 heterocycles. The molecule has 134 valence electrons. The third kappa shape index (κ3) is 7.18. The van der Waals surface area contributed by atoms with Crippen LogP contribution in [0.1, 0.15) is 47.0 Å². The van der Waals surface area contributed by atoms with Crippen molar-refractivity contribution in [3.8, 4) is 0 Å². The average molecular weight is 330 g/mol. The second-order valence-corrected chi connectivity index (χ2v) is 7.08. The number of nitrogens with zero attached hydrogens (tertiary/aromatic N) is 1. The van der Waals surface area contributed by atoms with Crippen molar-refractivity contribution in [2.24, 2.45) is 0 Å². The van der Waals surface area contributed by atoms with Gasteiger partial charge in [0.1, 0.15) is 5.60 Å². The molecule has 1 rings (SSSR count). The summed E-state index contributed by atoms with van der Waals surface area (Å²) in [4.78, 5) is 24.6. The first-order valence-electron chi connectivity index (χ1n) is 8.20. The Bertz CT molecular complexity index is 400. The largest absolute Gasteiger partial charge is 0.481 e. The van der Waals surface area contributed by atoms with E-state index in [0.717, 1.165) is 19.4 Å². The SMILES string of the molecule is CCCOCCCNC1(CC(=O)O)CN(C(=O)OC(C)(C)C)C1. The zero-order valence-corrected chi connectivity index (χ0v) is 14.7. The van der Waals surface area contributed by atoms with Crippen LogP contribution in [0.25, 0.3) is 0 Å². The van der Waals surface area contributed by atoms with E-state index in [1.807, 2.05) is 20.8 Å². The highest BCUT2D eigenvalue weighted by Gasteiger charge is 2.47. The molecule has 1 saturated heterocycles. The molecule has 1 aliphatic rings. The predicted molar refractivity (Wildman–Crippen MR) is 86.5 cm³/mol. The monoisotopic (exact) mass is 330 g/mol. The van der Waals surface area contributed by atoms with Crippen LogP contribution in [0, 0.1) is 0 Å². The Hall–Kier alpha value is -1.34. The van der Waals surface area contributed by atoms with Gasteiger partial charge in [0, 0.05) is 26.3 Å². The van der Waals surface area contributed by atoms with Gasteiger partial charge < -0.3 is 24.8 Å². The van der Waals surface area contributed by atoms with Crippen LogP contribution in [0.5, 0.6) is 0 Å². The number of carboxylic acid groups (broad SMARTS) is 1. The molecule has 23 heavy (non-hydrogen) atoms. The van der Waals surface area contributed by atoms with Crippen molar-refractivity contribution in [1.82, 2.24) is 10.2 Å². The summed E-state index contributed by atoms with van der Waals surface area (Å²) >= 11 is 0. The number of carboxylic acids is 1. The Labute approximate surface area is 138 Å². The van der Waals surface area contributed by atoms with Crippen LogP contribution < -0.4 is 5.32 Å². The topological polar surface area (TPSA) is 88.1 Å². The smallest absolute Gasteiger partial charge is 0.410 e. The van der Waals surface area contributed by atoms with Gasteiger partial charge in [-0.25, -0.2) is 4.79 Å². The fourth-order valence-electron chi connectivity index (χ4n) is 2.49. The molecule has 0 aromatic rings. The highest BCUT2D eigenvalue weighted by molar-refractivity contribution is 5.73. The van der Waals surface area contributed by atoms with E-state index in [9.17, 15) is 9.59 Å². The molecule has 0 saturated carbocycles. The first-order chi connectivity index (χ1) is 10.7. The summed E-state index contributed by atoms with van der Waals surface area (Å²) in [5.41, 5.74) is -1.11. The average Bonchev–Trinajstić information content (AvgIpc) is 2.36. The van der Waals surface area contributed by atoms with E-state index in [2.05, 4.69) is 12.2 Å². The molecule has 0 unspecified atom stereocenters. The van der Waals surface area contributed by atoms with Gasteiger partial charge in [0.2, 0.25) is 0 Å². The molecular formula is C16H30N2O5. The second-order valence-electron chi connectivity index (χ2n) is 7.08. The first-order valence-corrected chi connectivity index (χ1v) is 8.20. The van der Waals surface area contributed by atoms with Crippen LogP contribution in [0.4, 0.5) is 4.79 Å². The standard InChI is InChI=1S/C16H30N2O5/c1-5-8-22-9-6-7-17-16(10-13(19)20)11-18(12-16)14(21)23-15(2,3)4/h17H,5-12H2,1-4H3,(H,19,20). The molecule has 0 aromatic heterocycles. The van der Waals surface area contributed by atoms with Crippen molar-refractivity contribution in [1.29, 1.82) is 0 Å². The van der Waals surface area contributed by atoms with Crippen LogP contribution in [0.2, 0.25) is 0 Å². The fraction of sp³-hybridized carbons (Fsp3) is 0.875. The number of ether oxygens (including phenoxy) is 2. The van der Waals surface area contributed by atoms with Gasteiger partial charge in [-0.3, -0.25) is 4.79 Å². The van der Waals surface area contributed by atoms with Crippen LogP contribution >= 0.6 is 0 Å². The number of rotatable bonds is 9. The van der Waals surface area contributed by atoms with Gasteiger partial charge in [-0.15, -0.1) is 0 Å². The lowest BCUT2D eigenvalue weighted by molar-refractivity contribution is -0.141. The Balaban J connectivity index is 2.40. The van der Waals surface area contributed by atoms with Crippen molar-refractivity contribution >= 4 is 12.1 Å². The van der Waals surface area contributed by atoms with E-state index in [1.54, 1.807) is 0 Å².